The zero-order chi connectivity index (χ0) is 9.56. The molecule has 0 aliphatic carbocycles. The molecule has 2 amide bonds. The van der Waals surface area contributed by atoms with Crippen LogP contribution >= 0.6 is 0 Å². The number of rotatable bonds is 4. The fourth-order valence-corrected chi connectivity index (χ4v) is 0.628. The van der Waals surface area contributed by atoms with Crippen LogP contribution in [0.1, 0.15) is 20.8 Å². The highest BCUT2D eigenvalue weighted by Gasteiger charge is 2.04. The summed E-state index contributed by atoms with van der Waals surface area (Å²) in [5.74, 6) is -0.0588. The van der Waals surface area contributed by atoms with Crippen LogP contribution in [0.3, 0.4) is 0 Å². The van der Waals surface area contributed by atoms with E-state index in [4.69, 9.17) is 0 Å². The van der Waals surface area contributed by atoms with Crippen molar-refractivity contribution in [2.24, 2.45) is 5.92 Å². The van der Waals surface area contributed by atoms with E-state index >= 15 is 0 Å². The zero-order valence-corrected chi connectivity index (χ0v) is 7.81. The largest absolute Gasteiger partial charge is 0.355 e. The maximum absolute atomic E-state index is 11.0. The van der Waals surface area contributed by atoms with Gasteiger partial charge in [-0.1, -0.05) is 13.8 Å². The minimum absolute atomic E-state index is 0.00216. The number of nitrogens with one attached hydrogen (secondary N) is 2. The first kappa shape index (κ1) is 10.9. The van der Waals surface area contributed by atoms with Crippen molar-refractivity contribution >= 4 is 11.8 Å². The molecule has 70 valence electrons. The highest BCUT2D eigenvalue weighted by molar-refractivity contribution is 5.78. The summed E-state index contributed by atoms with van der Waals surface area (Å²) in [4.78, 5) is 21.4. The summed E-state index contributed by atoms with van der Waals surface area (Å²) in [5.41, 5.74) is 0. The highest BCUT2D eigenvalue weighted by atomic mass is 16.2. The van der Waals surface area contributed by atoms with Gasteiger partial charge in [-0.3, -0.25) is 9.59 Å². The van der Waals surface area contributed by atoms with Gasteiger partial charge in [-0.05, 0) is 0 Å². The monoisotopic (exact) mass is 172 g/mol. The molecule has 0 aromatic carbocycles. The Kier molecular flexibility index (Phi) is 5.08. The third kappa shape index (κ3) is 5.70. The van der Waals surface area contributed by atoms with Crippen molar-refractivity contribution in [1.29, 1.82) is 0 Å². The lowest BCUT2D eigenvalue weighted by Gasteiger charge is -2.07. The van der Waals surface area contributed by atoms with Gasteiger partial charge in [-0.25, -0.2) is 0 Å². The number of hydrogen-bond donors (Lipinski definition) is 2. The van der Waals surface area contributed by atoms with Crippen molar-refractivity contribution in [2.45, 2.75) is 20.8 Å². The minimum atomic E-state index is -0.0752. The maximum atomic E-state index is 11.0. The molecule has 0 aromatic rings. The Bertz CT molecular complexity index is 166. The van der Waals surface area contributed by atoms with Gasteiger partial charge in [0, 0.05) is 25.9 Å². The van der Waals surface area contributed by atoms with Crippen molar-refractivity contribution in [2.75, 3.05) is 13.1 Å². The molecule has 0 saturated heterocycles. The van der Waals surface area contributed by atoms with Gasteiger partial charge < -0.3 is 10.6 Å². The summed E-state index contributed by atoms with van der Waals surface area (Å²) in [6.45, 7) is 6.09. The molecule has 0 atom stereocenters. The Morgan fingerprint density at radius 2 is 1.67 bits per heavy atom. The van der Waals surface area contributed by atoms with E-state index < -0.39 is 0 Å². The van der Waals surface area contributed by atoms with Crippen molar-refractivity contribution in [3.05, 3.63) is 0 Å². The third-order valence-electron chi connectivity index (χ3n) is 1.32. The van der Waals surface area contributed by atoms with E-state index in [0.29, 0.717) is 13.1 Å². The van der Waals surface area contributed by atoms with Gasteiger partial charge in [0.2, 0.25) is 11.8 Å². The van der Waals surface area contributed by atoms with Crippen LogP contribution < -0.4 is 10.6 Å². The van der Waals surface area contributed by atoms with E-state index in [1.165, 1.54) is 6.92 Å². The van der Waals surface area contributed by atoms with Crippen LogP contribution in [-0.2, 0) is 9.59 Å². The normalized spacial score (nSPS) is 9.67. The number of amides is 2. The van der Waals surface area contributed by atoms with Crippen LogP contribution in [0.4, 0.5) is 0 Å². The molecule has 0 aliphatic rings. The van der Waals surface area contributed by atoms with E-state index in [0.717, 1.165) is 0 Å². The lowest BCUT2D eigenvalue weighted by molar-refractivity contribution is -0.124. The average Bonchev–Trinajstić information content (AvgIpc) is 1.97. The minimum Gasteiger partial charge on any atom is -0.355 e. The molecule has 0 fully saturated rings. The van der Waals surface area contributed by atoms with Gasteiger partial charge in [0.25, 0.3) is 0 Å². The third-order valence-corrected chi connectivity index (χ3v) is 1.32. The topological polar surface area (TPSA) is 58.2 Å². The van der Waals surface area contributed by atoms with E-state index in [1.54, 1.807) is 0 Å². The van der Waals surface area contributed by atoms with Gasteiger partial charge >= 0.3 is 0 Å². The number of carbonyl (C=O) groups is 2. The standard InChI is InChI=1S/C8H16N2O2/c1-6(2)8(12)10-5-4-9-7(3)11/h6H,4-5H2,1-3H3,(H,9,11)(H,10,12). The number of carbonyl (C=O) groups excluding carboxylic acids is 2. The Labute approximate surface area is 72.7 Å². The predicted molar refractivity (Wildman–Crippen MR) is 46.5 cm³/mol. The molecule has 4 nitrogen and oxygen atoms in total. The average molecular weight is 172 g/mol. The van der Waals surface area contributed by atoms with E-state index in [1.807, 2.05) is 13.8 Å². The zero-order valence-electron chi connectivity index (χ0n) is 7.81. The summed E-state index contributed by atoms with van der Waals surface area (Å²) in [7, 11) is 0. The second-order valence-corrected chi connectivity index (χ2v) is 2.93. The second kappa shape index (κ2) is 5.57. The molecular formula is C8H16N2O2. The first-order valence-electron chi connectivity index (χ1n) is 4.06. The second-order valence-electron chi connectivity index (χ2n) is 2.93. The summed E-state index contributed by atoms with van der Waals surface area (Å²) in [6.07, 6.45) is 0. The molecule has 0 heterocycles. The summed E-state index contributed by atoms with van der Waals surface area (Å²) in [5, 5.41) is 5.27. The molecule has 0 bridgehead atoms. The van der Waals surface area contributed by atoms with Crippen LogP contribution in [0, 0.1) is 5.92 Å². The van der Waals surface area contributed by atoms with Crippen LogP contribution in [0.5, 0.6) is 0 Å². The van der Waals surface area contributed by atoms with Gasteiger partial charge in [-0.15, -0.1) is 0 Å². The van der Waals surface area contributed by atoms with Crippen LogP contribution in [0.15, 0.2) is 0 Å². The van der Waals surface area contributed by atoms with Crippen molar-refractivity contribution in [1.82, 2.24) is 10.6 Å². The van der Waals surface area contributed by atoms with Crippen LogP contribution in [0.25, 0.3) is 0 Å². The molecule has 2 N–H and O–H groups in total. The molecule has 0 aliphatic heterocycles. The lowest BCUT2D eigenvalue weighted by atomic mass is 10.2. The lowest BCUT2D eigenvalue weighted by Crippen LogP contribution is -2.35. The van der Waals surface area contributed by atoms with E-state index in [2.05, 4.69) is 10.6 Å². The predicted octanol–water partition coefficient (Wildman–Crippen LogP) is -0.105. The summed E-state index contributed by atoms with van der Waals surface area (Å²) < 4.78 is 0. The van der Waals surface area contributed by atoms with Crippen molar-refractivity contribution in [3.63, 3.8) is 0 Å². The van der Waals surface area contributed by atoms with Gasteiger partial charge in [0.15, 0.2) is 0 Å². The van der Waals surface area contributed by atoms with E-state index in [-0.39, 0.29) is 17.7 Å². The highest BCUT2D eigenvalue weighted by Crippen LogP contribution is 1.88. The van der Waals surface area contributed by atoms with Gasteiger partial charge in [0.05, 0.1) is 0 Å². The van der Waals surface area contributed by atoms with Gasteiger partial charge in [0.1, 0.15) is 0 Å². The molecular weight excluding hydrogens is 156 g/mol. The fourth-order valence-electron chi connectivity index (χ4n) is 0.628. The Morgan fingerprint density at radius 1 is 1.17 bits per heavy atom. The Balaban J connectivity index is 3.32. The molecule has 0 radical (unpaired) electrons. The molecule has 0 saturated carbocycles. The first-order chi connectivity index (χ1) is 5.54. The van der Waals surface area contributed by atoms with Crippen molar-refractivity contribution < 1.29 is 9.59 Å². The molecule has 4 heteroatoms. The van der Waals surface area contributed by atoms with Crippen LogP contribution in [0.2, 0.25) is 0 Å². The molecule has 0 spiro atoms. The maximum Gasteiger partial charge on any atom is 0.222 e. The molecule has 0 unspecified atom stereocenters. The summed E-state index contributed by atoms with van der Waals surface area (Å²) >= 11 is 0. The SMILES string of the molecule is CC(=O)NCCNC(=O)C(C)C. The van der Waals surface area contributed by atoms with Crippen LogP contribution in [-0.4, -0.2) is 24.9 Å². The Hall–Kier alpha value is -1.06. The first-order valence-corrected chi connectivity index (χ1v) is 4.06. The van der Waals surface area contributed by atoms with Gasteiger partial charge in [-0.2, -0.15) is 0 Å². The molecule has 0 rings (SSSR count). The molecule has 12 heavy (non-hydrogen) atoms. The Morgan fingerprint density at radius 3 is 2.08 bits per heavy atom. The van der Waals surface area contributed by atoms with Crippen molar-refractivity contribution in [3.8, 4) is 0 Å². The summed E-state index contributed by atoms with van der Waals surface area (Å²) in [6, 6.07) is 0. The fraction of sp³-hybridized carbons (Fsp3) is 0.750. The number of hydrogen-bond acceptors (Lipinski definition) is 2. The van der Waals surface area contributed by atoms with E-state index in [9.17, 15) is 9.59 Å². The molecule has 0 aromatic heterocycles. The smallest absolute Gasteiger partial charge is 0.222 e. The quantitative estimate of drug-likeness (QED) is 0.581.